The maximum atomic E-state index is 13.1. The molecule has 174 valence electrons. The Morgan fingerprint density at radius 2 is 1.65 bits per heavy atom. The molecule has 0 saturated carbocycles. The summed E-state index contributed by atoms with van der Waals surface area (Å²) < 4.78 is 6.47. The van der Waals surface area contributed by atoms with Crippen molar-refractivity contribution in [3.8, 4) is 11.4 Å². The van der Waals surface area contributed by atoms with Crippen LogP contribution in [0, 0.1) is 0 Å². The van der Waals surface area contributed by atoms with Gasteiger partial charge in [-0.1, -0.05) is 48.5 Å². The molecule has 1 heterocycles. The van der Waals surface area contributed by atoms with Gasteiger partial charge in [-0.25, -0.2) is 0 Å². The van der Waals surface area contributed by atoms with Crippen LogP contribution in [0.3, 0.4) is 0 Å². The zero-order chi connectivity index (χ0) is 23.9. The Morgan fingerprint density at radius 3 is 2.35 bits per heavy atom. The van der Waals surface area contributed by atoms with Crippen LogP contribution in [-0.2, 0) is 6.54 Å². The molecule has 0 aliphatic rings. The second kappa shape index (κ2) is 10.8. The van der Waals surface area contributed by atoms with E-state index in [2.05, 4.69) is 29.6 Å². The molecule has 1 amide bonds. The first-order valence-corrected chi connectivity index (χ1v) is 11.4. The molecule has 0 aliphatic heterocycles. The fraction of sp³-hybridized carbons (Fsp3) is 0.222. The SMILES string of the molecule is COc1ccc(-n2nc(C(=O)NCCC[NH+](C)Cc3ccccc3)c3ccccc3c2=O)cc1. The predicted octanol–water partition coefficient (Wildman–Crippen LogP) is 2.23. The first-order chi connectivity index (χ1) is 16.6. The van der Waals surface area contributed by atoms with Crippen molar-refractivity contribution in [2.75, 3.05) is 27.2 Å². The van der Waals surface area contributed by atoms with Crippen LogP contribution < -0.4 is 20.5 Å². The van der Waals surface area contributed by atoms with Crippen LogP contribution in [0.2, 0.25) is 0 Å². The minimum Gasteiger partial charge on any atom is -0.497 e. The van der Waals surface area contributed by atoms with Crippen molar-refractivity contribution >= 4 is 16.7 Å². The van der Waals surface area contributed by atoms with E-state index < -0.39 is 0 Å². The lowest BCUT2D eigenvalue weighted by Crippen LogP contribution is -3.07. The van der Waals surface area contributed by atoms with Gasteiger partial charge in [-0.15, -0.1) is 0 Å². The molecule has 0 bridgehead atoms. The number of carbonyl (C=O) groups excluding carboxylic acids is 1. The quantitative estimate of drug-likeness (QED) is 0.378. The molecule has 2 N–H and O–H groups in total. The fourth-order valence-electron chi connectivity index (χ4n) is 3.96. The van der Waals surface area contributed by atoms with Crippen LogP contribution in [0.25, 0.3) is 16.5 Å². The largest absolute Gasteiger partial charge is 0.497 e. The van der Waals surface area contributed by atoms with E-state index in [9.17, 15) is 9.59 Å². The van der Waals surface area contributed by atoms with Gasteiger partial charge in [0.25, 0.3) is 11.5 Å². The monoisotopic (exact) mass is 457 g/mol. The van der Waals surface area contributed by atoms with E-state index in [1.54, 1.807) is 55.6 Å². The van der Waals surface area contributed by atoms with Crippen LogP contribution in [0.1, 0.15) is 22.5 Å². The second-order valence-electron chi connectivity index (χ2n) is 8.29. The summed E-state index contributed by atoms with van der Waals surface area (Å²) in [7, 11) is 3.73. The van der Waals surface area contributed by atoms with Gasteiger partial charge in [0.05, 0.1) is 31.8 Å². The lowest BCUT2D eigenvalue weighted by Gasteiger charge is -2.15. The standard InChI is InChI=1S/C27H28N4O3/c1-30(19-20-9-4-3-5-10-20)18-8-17-28-26(32)25-23-11-6-7-12-24(23)27(33)31(29-25)21-13-15-22(34-2)16-14-21/h3-7,9-16H,8,17-19H2,1-2H3,(H,28,32)/p+1. The first-order valence-electron chi connectivity index (χ1n) is 11.4. The highest BCUT2D eigenvalue weighted by atomic mass is 16.5. The Labute approximate surface area is 198 Å². The molecular formula is C27H29N4O3+. The van der Waals surface area contributed by atoms with Crippen molar-refractivity contribution in [1.29, 1.82) is 0 Å². The molecule has 1 unspecified atom stereocenters. The Bertz CT molecular complexity index is 1320. The molecule has 0 aliphatic carbocycles. The molecule has 0 radical (unpaired) electrons. The molecule has 4 aromatic rings. The third-order valence-electron chi connectivity index (χ3n) is 5.75. The summed E-state index contributed by atoms with van der Waals surface area (Å²) in [6.07, 6.45) is 0.834. The maximum Gasteiger partial charge on any atom is 0.279 e. The minimum atomic E-state index is -0.292. The summed E-state index contributed by atoms with van der Waals surface area (Å²) in [5.74, 6) is 0.383. The van der Waals surface area contributed by atoms with Crippen LogP contribution in [0.5, 0.6) is 5.75 Å². The van der Waals surface area contributed by atoms with Crippen molar-refractivity contribution in [2.45, 2.75) is 13.0 Å². The topological polar surface area (TPSA) is 77.7 Å². The molecule has 7 heteroatoms. The summed E-state index contributed by atoms with van der Waals surface area (Å²) >= 11 is 0. The molecule has 4 rings (SSSR count). The number of hydrogen-bond donors (Lipinski definition) is 2. The number of nitrogens with one attached hydrogen (secondary N) is 2. The van der Waals surface area contributed by atoms with Gasteiger partial charge in [-0.05, 0) is 30.3 Å². The zero-order valence-electron chi connectivity index (χ0n) is 19.5. The van der Waals surface area contributed by atoms with Crippen molar-refractivity contribution < 1.29 is 14.4 Å². The number of amides is 1. The summed E-state index contributed by atoms with van der Waals surface area (Å²) in [4.78, 5) is 27.5. The predicted molar refractivity (Wildman–Crippen MR) is 133 cm³/mol. The fourth-order valence-corrected chi connectivity index (χ4v) is 3.96. The molecule has 0 spiro atoms. The Balaban J connectivity index is 1.48. The highest BCUT2D eigenvalue weighted by Gasteiger charge is 2.17. The summed E-state index contributed by atoms with van der Waals surface area (Å²) in [6.45, 7) is 2.39. The van der Waals surface area contributed by atoms with Crippen LogP contribution >= 0.6 is 0 Å². The molecule has 34 heavy (non-hydrogen) atoms. The maximum absolute atomic E-state index is 13.1. The number of nitrogens with zero attached hydrogens (tertiary/aromatic N) is 2. The van der Waals surface area contributed by atoms with Crippen molar-refractivity contribution in [3.63, 3.8) is 0 Å². The van der Waals surface area contributed by atoms with E-state index in [-0.39, 0.29) is 17.2 Å². The van der Waals surface area contributed by atoms with Gasteiger partial charge in [0.15, 0.2) is 5.69 Å². The van der Waals surface area contributed by atoms with Gasteiger partial charge >= 0.3 is 0 Å². The molecular weight excluding hydrogens is 428 g/mol. The molecule has 1 aromatic heterocycles. The number of rotatable bonds is 9. The second-order valence-corrected chi connectivity index (χ2v) is 8.29. The lowest BCUT2D eigenvalue weighted by atomic mass is 10.1. The van der Waals surface area contributed by atoms with E-state index in [1.807, 2.05) is 18.2 Å². The number of fused-ring (bicyclic) bond motifs is 1. The highest BCUT2D eigenvalue weighted by Crippen LogP contribution is 2.17. The average molecular weight is 458 g/mol. The van der Waals surface area contributed by atoms with Gasteiger partial charge in [0, 0.05) is 23.9 Å². The number of ether oxygens (including phenoxy) is 1. The molecule has 3 aromatic carbocycles. The highest BCUT2D eigenvalue weighted by molar-refractivity contribution is 6.04. The van der Waals surface area contributed by atoms with E-state index in [4.69, 9.17) is 4.74 Å². The molecule has 7 nitrogen and oxygen atoms in total. The number of quaternary nitrogens is 1. The first kappa shape index (κ1) is 23.2. The molecule has 0 saturated heterocycles. The van der Waals surface area contributed by atoms with Gasteiger partial charge in [0.1, 0.15) is 12.3 Å². The van der Waals surface area contributed by atoms with Crippen molar-refractivity contribution in [1.82, 2.24) is 15.1 Å². The lowest BCUT2D eigenvalue weighted by molar-refractivity contribution is -0.893. The molecule has 0 fully saturated rings. The zero-order valence-corrected chi connectivity index (χ0v) is 19.5. The van der Waals surface area contributed by atoms with Crippen LogP contribution in [-0.4, -0.2) is 42.9 Å². The van der Waals surface area contributed by atoms with Crippen molar-refractivity contribution in [2.24, 2.45) is 0 Å². The van der Waals surface area contributed by atoms with Gasteiger partial charge < -0.3 is 15.0 Å². The van der Waals surface area contributed by atoms with Crippen LogP contribution in [0.4, 0.5) is 0 Å². The number of benzene rings is 3. The van der Waals surface area contributed by atoms with Gasteiger partial charge in [-0.3, -0.25) is 9.59 Å². The number of carbonyl (C=O) groups is 1. The summed E-state index contributed by atoms with van der Waals surface area (Å²) in [5, 5.41) is 8.41. The van der Waals surface area contributed by atoms with Gasteiger partial charge in [0.2, 0.25) is 0 Å². The average Bonchev–Trinajstić information content (AvgIpc) is 2.87. The van der Waals surface area contributed by atoms with E-state index in [1.165, 1.54) is 15.1 Å². The Hall–Kier alpha value is -3.97. The summed E-state index contributed by atoms with van der Waals surface area (Å²) in [6, 6.07) is 24.4. The van der Waals surface area contributed by atoms with E-state index >= 15 is 0 Å². The number of aromatic nitrogens is 2. The number of hydrogen-bond acceptors (Lipinski definition) is 4. The Morgan fingerprint density at radius 1 is 0.971 bits per heavy atom. The third-order valence-corrected chi connectivity index (χ3v) is 5.75. The van der Waals surface area contributed by atoms with E-state index in [0.717, 1.165) is 19.5 Å². The minimum absolute atomic E-state index is 0.232. The smallest absolute Gasteiger partial charge is 0.279 e. The van der Waals surface area contributed by atoms with Crippen LogP contribution in [0.15, 0.2) is 83.7 Å². The summed E-state index contributed by atoms with van der Waals surface area (Å²) in [5.41, 5.74) is 1.82. The Kier molecular flexibility index (Phi) is 7.34. The van der Waals surface area contributed by atoms with Gasteiger partial charge in [-0.2, -0.15) is 9.78 Å². The van der Waals surface area contributed by atoms with Crippen molar-refractivity contribution in [3.05, 3.63) is 100 Å². The third kappa shape index (κ3) is 5.32. The normalized spacial score (nSPS) is 11.8. The number of methoxy groups -OCH3 is 1. The van der Waals surface area contributed by atoms with E-state index in [0.29, 0.717) is 28.8 Å². The molecule has 1 atom stereocenters.